The largest absolute Gasteiger partial charge is 0.337 e. The van der Waals surface area contributed by atoms with Gasteiger partial charge in [0.15, 0.2) is 0 Å². The maximum atomic E-state index is 2.65. The molecule has 0 saturated heterocycles. The average Bonchev–Trinajstić information content (AvgIpc) is 2.93. The van der Waals surface area contributed by atoms with Gasteiger partial charge < -0.3 is 4.57 Å². The zero-order chi connectivity index (χ0) is 19.1. The summed E-state index contributed by atoms with van der Waals surface area (Å²) < 4.78 is 2.65. The summed E-state index contributed by atoms with van der Waals surface area (Å²) in [6, 6.07) is 18.4. The maximum absolute atomic E-state index is 2.65. The molecule has 1 aromatic heterocycles. The second kappa shape index (κ2) is 7.10. The summed E-state index contributed by atoms with van der Waals surface area (Å²) >= 11 is 0. The van der Waals surface area contributed by atoms with Crippen LogP contribution in [0.25, 0.3) is 21.8 Å². The molecule has 0 aliphatic rings. The van der Waals surface area contributed by atoms with E-state index in [1.165, 1.54) is 28.2 Å². The molecule has 0 amide bonds. The van der Waals surface area contributed by atoms with E-state index < -0.39 is 0 Å². The number of benzene rings is 2. The fourth-order valence-corrected chi connectivity index (χ4v) is 4.04. The number of aromatic nitrogens is 1. The van der Waals surface area contributed by atoms with E-state index in [1.807, 2.05) is 0 Å². The third-order valence-corrected chi connectivity index (χ3v) is 6.91. The van der Waals surface area contributed by atoms with Crippen LogP contribution in [-0.4, -0.2) is 4.57 Å². The molecule has 0 N–H and O–H groups in total. The van der Waals surface area contributed by atoms with Gasteiger partial charge in [-0.1, -0.05) is 84.9 Å². The molecule has 0 aliphatic heterocycles. The lowest BCUT2D eigenvalue weighted by Gasteiger charge is -2.38. The van der Waals surface area contributed by atoms with Gasteiger partial charge in [-0.05, 0) is 41.7 Å². The smallest absolute Gasteiger partial charge is 0.0494 e. The van der Waals surface area contributed by atoms with Crippen LogP contribution in [0, 0.1) is 23.2 Å². The first-order valence-corrected chi connectivity index (χ1v) is 10.2. The molecular weight excluding hydrogens is 314 g/mol. The highest BCUT2D eigenvalue weighted by molar-refractivity contribution is 6.08. The monoisotopic (exact) mass is 349 g/mol. The first-order chi connectivity index (χ1) is 12.2. The third-order valence-electron chi connectivity index (χ3n) is 6.91. The summed E-state index contributed by atoms with van der Waals surface area (Å²) in [5.41, 5.74) is 3.07. The molecule has 0 fully saturated rings. The van der Waals surface area contributed by atoms with E-state index in [0.29, 0.717) is 29.2 Å². The molecule has 0 radical (unpaired) electrons. The van der Waals surface area contributed by atoms with Gasteiger partial charge in [0.1, 0.15) is 0 Å². The van der Waals surface area contributed by atoms with E-state index in [0.717, 1.165) is 0 Å². The minimum Gasteiger partial charge on any atom is -0.337 e. The number of nitrogens with zero attached hydrogens (tertiary/aromatic N) is 1. The quantitative estimate of drug-likeness (QED) is 0.429. The van der Waals surface area contributed by atoms with Crippen LogP contribution in [0.5, 0.6) is 0 Å². The van der Waals surface area contributed by atoms with E-state index in [9.17, 15) is 0 Å². The fourth-order valence-electron chi connectivity index (χ4n) is 4.04. The molecule has 0 aliphatic carbocycles. The van der Waals surface area contributed by atoms with Gasteiger partial charge in [0.05, 0.1) is 0 Å². The molecule has 2 unspecified atom stereocenters. The van der Waals surface area contributed by atoms with Gasteiger partial charge in [0.2, 0.25) is 0 Å². The number of hydrogen-bond acceptors (Lipinski definition) is 0. The molecule has 2 atom stereocenters. The van der Waals surface area contributed by atoms with Crippen LogP contribution in [0.3, 0.4) is 0 Å². The molecule has 3 aromatic rings. The maximum Gasteiger partial charge on any atom is 0.0494 e. The van der Waals surface area contributed by atoms with Crippen LogP contribution >= 0.6 is 0 Å². The fraction of sp³-hybridized carbons (Fsp3) is 0.520. The summed E-state index contributed by atoms with van der Waals surface area (Å²) in [7, 11) is 0. The molecule has 3 rings (SSSR count). The van der Waals surface area contributed by atoms with Crippen molar-refractivity contribution in [3.63, 3.8) is 0 Å². The van der Waals surface area contributed by atoms with Gasteiger partial charge in [-0.15, -0.1) is 0 Å². The Morgan fingerprint density at radius 3 is 1.65 bits per heavy atom. The molecule has 0 spiro atoms. The van der Waals surface area contributed by atoms with E-state index in [-0.39, 0.29) is 0 Å². The lowest BCUT2D eigenvalue weighted by atomic mass is 9.72. The summed E-state index contributed by atoms with van der Waals surface area (Å²) in [5, 5.41) is 2.76. The second-order valence-corrected chi connectivity index (χ2v) is 9.42. The highest BCUT2D eigenvalue weighted by Gasteiger charge is 2.33. The van der Waals surface area contributed by atoms with Crippen molar-refractivity contribution < 1.29 is 0 Å². The third kappa shape index (κ3) is 3.29. The van der Waals surface area contributed by atoms with Crippen LogP contribution in [0.4, 0.5) is 0 Å². The Morgan fingerprint density at radius 2 is 1.23 bits per heavy atom. The molecular formula is C25H35N. The predicted molar refractivity (Wildman–Crippen MR) is 116 cm³/mol. The van der Waals surface area contributed by atoms with E-state index >= 15 is 0 Å². The number of fused-ring (bicyclic) bond motifs is 3. The van der Waals surface area contributed by atoms with E-state index in [1.54, 1.807) is 0 Å². The van der Waals surface area contributed by atoms with Crippen molar-refractivity contribution in [1.29, 1.82) is 0 Å². The Bertz CT molecular complexity index is 828. The zero-order valence-corrected chi connectivity index (χ0v) is 17.6. The van der Waals surface area contributed by atoms with Crippen molar-refractivity contribution in [2.45, 2.75) is 60.9 Å². The second-order valence-electron chi connectivity index (χ2n) is 9.42. The minimum atomic E-state index is 0.306. The highest BCUT2D eigenvalue weighted by Crippen LogP contribution is 2.44. The van der Waals surface area contributed by atoms with Crippen LogP contribution in [0.2, 0.25) is 0 Å². The summed E-state index contributed by atoms with van der Waals surface area (Å²) in [6.07, 6.45) is 1.20. The standard InChI is InChI=1S/C25H35N/c1-17(2)19(5)24(16-25(6,7)18(3)4)26-22-14-10-8-12-20(22)21-13-9-11-15-23(21)26/h8-15,17-19,24H,16H2,1-7H3. The number of hydrogen-bond donors (Lipinski definition) is 0. The molecule has 140 valence electrons. The molecule has 26 heavy (non-hydrogen) atoms. The van der Waals surface area contributed by atoms with Crippen LogP contribution in [0.15, 0.2) is 48.5 Å². The van der Waals surface area contributed by atoms with Gasteiger partial charge in [0, 0.05) is 27.8 Å². The Labute approximate surface area is 159 Å². The van der Waals surface area contributed by atoms with Gasteiger partial charge in [-0.3, -0.25) is 0 Å². The summed E-state index contributed by atoms with van der Waals surface area (Å²) in [6.45, 7) is 16.8. The molecule has 1 nitrogen and oxygen atoms in total. The van der Waals surface area contributed by atoms with Gasteiger partial charge in [-0.2, -0.15) is 0 Å². The molecule has 1 heteroatoms. The molecule has 0 bridgehead atoms. The molecule has 1 heterocycles. The lowest BCUT2D eigenvalue weighted by Crippen LogP contribution is -2.30. The van der Waals surface area contributed by atoms with Gasteiger partial charge in [-0.25, -0.2) is 0 Å². The van der Waals surface area contributed by atoms with Crippen molar-refractivity contribution >= 4 is 21.8 Å². The molecule has 2 aromatic carbocycles. The van der Waals surface area contributed by atoms with Gasteiger partial charge in [0.25, 0.3) is 0 Å². The van der Waals surface area contributed by atoms with E-state index in [2.05, 4.69) is 102 Å². The Balaban J connectivity index is 2.26. The predicted octanol–water partition coefficient (Wildman–Crippen LogP) is 7.70. The lowest BCUT2D eigenvalue weighted by molar-refractivity contribution is 0.148. The highest BCUT2D eigenvalue weighted by atomic mass is 15.0. The van der Waals surface area contributed by atoms with Crippen molar-refractivity contribution in [2.24, 2.45) is 23.2 Å². The Kier molecular flexibility index (Phi) is 5.19. The van der Waals surface area contributed by atoms with E-state index in [4.69, 9.17) is 0 Å². The van der Waals surface area contributed by atoms with Crippen LogP contribution in [-0.2, 0) is 0 Å². The minimum absolute atomic E-state index is 0.306. The van der Waals surface area contributed by atoms with Crippen molar-refractivity contribution in [2.75, 3.05) is 0 Å². The number of rotatable bonds is 6. The Morgan fingerprint density at radius 1 is 0.769 bits per heavy atom. The SMILES string of the molecule is CC(C)C(C)C(CC(C)(C)C(C)C)n1c2ccccc2c2ccccc21. The Hall–Kier alpha value is -1.76. The van der Waals surface area contributed by atoms with Crippen LogP contribution in [0.1, 0.15) is 60.9 Å². The number of para-hydroxylation sites is 2. The topological polar surface area (TPSA) is 4.93 Å². The normalized spacial score (nSPS) is 15.3. The first kappa shape index (κ1) is 19.0. The summed E-state index contributed by atoms with van der Waals surface area (Å²) in [4.78, 5) is 0. The molecule has 0 saturated carbocycles. The average molecular weight is 350 g/mol. The first-order valence-electron chi connectivity index (χ1n) is 10.2. The van der Waals surface area contributed by atoms with Crippen LogP contribution < -0.4 is 0 Å². The van der Waals surface area contributed by atoms with Gasteiger partial charge >= 0.3 is 0 Å². The van der Waals surface area contributed by atoms with Crippen molar-refractivity contribution in [1.82, 2.24) is 4.57 Å². The zero-order valence-electron chi connectivity index (χ0n) is 17.6. The summed E-state index contributed by atoms with van der Waals surface area (Å²) in [5.74, 6) is 1.94. The van der Waals surface area contributed by atoms with Crippen molar-refractivity contribution in [3.8, 4) is 0 Å². The van der Waals surface area contributed by atoms with Crippen molar-refractivity contribution in [3.05, 3.63) is 48.5 Å².